The van der Waals surface area contributed by atoms with Gasteiger partial charge in [0.1, 0.15) is 5.82 Å². The van der Waals surface area contributed by atoms with Gasteiger partial charge in [-0.05, 0) is 30.4 Å². The summed E-state index contributed by atoms with van der Waals surface area (Å²) in [7, 11) is 0. The highest BCUT2D eigenvalue weighted by molar-refractivity contribution is 5.62. The van der Waals surface area contributed by atoms with Crippen molar-refractivity contribution in [3.63, 3.8) is 0 Å². The predicted molar refractivity (Wildman–Crippen MR) is 70.4 cm³/mol. The predicted octanol–water partition coefficient (Wildman–Crippen LogP) is 3.45. The van der Waals surface area contributed by atoms with Gasteiger partial charge < -0.3 is 4.98 Å². The van der Waals surface area contributed by atoms with Gasteiger partial charge in [-0.3, -0.25) is 0 Å². The molecule has 0 unspecified atom stereocenters. The molecule has 0 bridgehead atoms. The van der Waals surface area contributed by atoms with Crippen LogP contribution in [-0.2, 0) is 0 Å². The minimum Gasteiger partial charge on any atom is -0.345 e. The summed E-state index contributed by atoms with van der Waals surface area (Å²) >= 11 is 0. The Morgan fingerprint density at radius 3 is 2.61 bits per heavy atom. The summed E-state index contributed by atoms with van der Waals surface area (Å²) in [4.78, 5) is 12.0. The van der Waals surface area contributed by atoms with Crippen molar-refractivity contribution < 1.29 is 0 Å². The molecule has 18 heavy (non-hydrogen) atoms. The Balaban J connectivity index is 1.74. The van der Waals surface area contributed by atoms with Crippen LogP contribution in [0.4, 0.5) is 0 Å². The van der Waals surface area contributed by atoms with Crippen LogP contribution in [0.2, 0.25) is 0 Å². The van der Waals surface area contributed by atoms with Gasteiger partial charge in [0.15, 0.2) is 5.82 Å². The molecule has 1 aromatic rings. The first kappa shape index (κ1) is 9.83. The summed E-state index contributed by atoms with van der Waals surface area (Å²) in [5.74, 6) is 2.48. The van der Waals surface area contributed by atoms with Crippen molar-refractivity contribution in [1.29, 1.82) is 0 Å². The van der Waals surface area contributed by atoms with Crippen LogP contribution in [0.25, 0.3) is 22.8 Å². The van der Waals surface area contributed by atoms with Crippen LogP contribution in [0, 0.1) is 0 Å². The normalized spacial score (nSPS) is 15.1. The zero-order chi connectivity index (χ0) is 11.9. The third-order valence-electron chi connectivity index (χ3n) is 3.52. The summed E-state index contributed by atoms with van der Waals surface area (Å²) in [6, 6.07) is 10.7. The van der Waals surface area contributed by atoms with Crippen LogP contribution >= 0.6 is 0 Å². The van der Waals surface area contributed by atoms with Gasteiger partial charge in [0.05, 0.1) is 0 Å². The number of H-pyrrole nitrogens is 1. The lowest BCUT2D eigenvalue weighted by atomic mass is 10.1. The van der Waals surface area contributed by atoms with Crippen LogP contribution in [-0.4, -0.2) is 15.0 Å². The number of aromatic amines is 1. The van der Waals surface area contributed by atoms with Crippen LogP contribution in [0.5, 0.6) is 0 Å². The highest BCUT2D eigenvalue weighted by atomic mass is 15.0. The minimum absolute atomic E-state index is 0.801. The first-order chi connectivity index (χ1) is 8.90. The fourth-order valence-electron chi connectivity index (χ4n) is 2.31. The van der Waals surface area contributed by atoms with Gasteiger partial charge in [-0.2, -0.15) is 0 Å². The summed E-state index contributed by atoms with van der Waals surface area (Å²) in [5, 5.41) is 0. The van der Waals surface area contributed by atoms with Crippen LogP contribution in [0.3, 0.4) is 0 Å². The molecule has 3 heteroatoms. The monoisotopic (exact) mass is 235 g/mol. The fraction of sp³-hybridized carbons (Fsp3) is 0.200. The molecule has 3 aliphatic rings. The van der Waals surface area contributed by atoms with Gasteiger partial charge in [0.2, 0.25) is 0 Å². The molecule has 1 aromatic carbocycles. The number of hydrogen-bond donors (Lipinski definition) is 1. The Hall–Kier alpha value is -2.16. The lowest BCUT2D eigenvalue weighted by Gasteiger charge is -2.05. The van der Waals surface area contributed by atoms with E-state index in [0.717, 1.165) is 28.7 Å². The minimum atomic E-state index is 0.801. The van der Waals surface area contributed by atoms with Gasteiger partial charge in [0, 0.05) is 23.5 Å². The van der Waals surface area contributed by atoms with Crippen molar-refractivity contribution in [3.8, 4) is 22.8 Å². The number of nitrogens with one attached hydrogen (secondary N) is 1. The number of benzene rings is 1. The summed E-state index contributed by atoms with van der Waals surface area (Å²) in [6.45, 7) is 0. The first-order valence-electron chi connectivity index (χ1n) is 6.30. The van der Waals surface area contributed by atoms with Gasteiger partial charge in [0.25, 0.3) is 0 Å². The Kier molecular flexibility index (Phi) is 2.00. The standard InChI is InChI=1S/C15H13N3/c1-2-10(1)11-3-5-12(6-4-11)14-17-9-13-7-8-16-15(13)18-14/h3-10H,1-2H2,(H,16,17,18). The third kappa shape index (κ3) is 1.59. The maximum atomic E-state index is 4.53. The van der Waals surface area contributed by atoms with Crippen molar-refractivity contribution in [3.05, 3.63) is 48.3 Å². The van der Waals surface area contributed by atoms with E-state index in [9.17, 15) is 0 Å². The molecule has 0 radical (unpaired) electrons. The molecular formula is C15H13N3. The first-order valence-corrected chi connectivity index (χ1v) is 6.30. The van der Waals surface area contributed by atoms with E-state index in [0.29, 0.717) is 0 Å². The molecule has 1 N–H and O–H groups in total. The molecule has 0 spiro atoms. The van der Waals surface area contributed by atoms with Crippen molar-refractivity contribution in [2.45, 2.75) is 18.8 Å². The van der Waals surface area contributed by atoms with E-state index in [1.165, 1.54) is 18.4 Å². The zero-order valence-electron chi connectivity index (χ0n) is 9.93. The number of hydrogen-bond acceptors (Lipinski definition) is 2. The highest BCUT2D eigenvalue weighted by Gasteiger charge is 2.23. The van der Waals surface area contributed by atoms with E-state index >= 15 is 0 Å². The lowest BCUT2D eigenvalue weighted by Crippen LogP contribution is -1.92. The van der Waals surface area contributed by atoms with Gasteiger partial charge in [-0.1, -0.05) is 24.3 Å². The summed E-state index contributed by atoms with van der Waals surface area (Å²) in [5.41, 5.74) is 3.61. The fourth-order valence-corrected chi connectivity index (χ4v) is 2.31. The third-order valence-corrected chi connectivity index (χ3v) is 3.52. The average Bonchev–Trinajstić information content (AvgIpc) is 3.17. The second kappa shape index (κ2) is 3.67. The smallest absolute Gasteiger partial charge is 0.163 e. The molecule has 1 aliphatic carbocycles. The molecule has 2 aliphatic heterocycles. The van der Waals surface area contributed by atoms with Crippen molar-refractivity contribution in [2.24, 2.45) is 0 Å². The van der Waals surface area contributed by atoms with Gasteiger partial charge in [-0.15, -0.1) is 0 Å². The number of aromatic nitrogens is 3. The molecule has 1 fully saturated rings. The molecule has 1 saturated carbocycles. The molecule has 4 rings (SSSR count). The lowest BCUT2D eigenvalue weighted by molar-refractivity contribution is 1.12. The number of rotatable bonds is 2. The Morgan fingerprint density at radius 2 is 1.83 bits per heavy atom. The molecule has 0 saturated heterocycles. The van der Waals surface area contributed by atoms with Crippen molar-refractivity contribution >= 4 is 0 Å². The molecule has 2 heterocycles. The maximum Gasteiger partial charge on any atom is 0.163 e. The van der Waals surface area contributed by atoms with E-state index in [1.54, 1.807) is 6.20 Å². The largest absolute Gasteiger partial charge is 0.345 e. The second-order valence-electron chi connectivity index (χ2n) is 4.87. The van der Waals surface area contributed by atoms with E-state index in [2.05, 4.69) is 39.2 Å². The van der Waals surface area contributed by atoms with Crippen LogP contribution in [0.1, 0.15) is 24.3 Å². The van der Waals surface area contributed by atoms with Crippen molar-refractivity contribution in [2.75, 3.05) is 0 Å². The van der Waals surface area contributed by atoms with Crippen molar-refractivity contribution in [1.82, 2.24) is 15.0 Å². The van der Waals surface area contributed by atoms with E-state index in [1.807, 2.05) is 12.3 Å². The zero-order valence-corrected chi connectivity index (χ0v) is 9.93. The highest BCUT2D eigenvalue weighted by Crippen LogP contribution is 2.40. The van der Waals surface area contributed by atoms with Gasteiger partial charge in [-0.25, -0.2) is 9.97 Å². The summed E-state index contributed by atoms with van der Waals surface area (Å²) in [6.07, 6.45) is 6.42. The van der Waals surface area contributed by atoms with Crippen LogP contribution in [0.15, 0.2) is 42.7 Å². The van der Waals surface area contributed by atoms with Crippen LogP contribution < -0.4 is 0 Å². The Labute approximate surface area is 105 Å². The molecule has 0 aromatic heterocycles. The number of nitrogens with zero attached hydrogens (tertiary/aromatic N) is 2. The van der Waals surface area contributed by atoms with E-state index in [-0.39, 0.29) is 0 Å². The quantitative estimate of drug-likeness (QED) is 0.739. The Morgan fingerprint density at radius 1 is 1.00 bits per heavy atom. The summed E-state index contributed by atoms with van der Waals surface area (Å²) < 4.78 is 0. The topological polar surface area (TPSA) is 41.6 Å². The SMILES string of the molecule is c1cc2c[nH]c(-c3ccc(C4CC4)cc3)nc-2n1. The van der Waals surface area contributed by atoms with E-state index < -0.39 is 0 Å². The molecule has 0 amide bonds. The Bertz CT molecular complexity index is 650. The maximum absolute atomic E-state index is 4.53. The molecule has 88 valence electrons. The number of fused-ring (bicyclic) bond motifs is 1. The second-order valence-corrected chi connectivity index (χ2v) is 4.87. The molecule has 0 atom stereocenters. The van der Waals surface area contributed by atoms with Gasteiger partial charge >= 0.3 is 0 Å². The van der Waals surface area contributed by atoms with E-state index in [4.69, 9.17) is 0 Å². The average molecular weight is 235 g/mol. The molecular weight excluding hydrogens is 222 g/mol. The molecule has 3 nitrogen and oxygen atoms in total.